The van der Waals surface area contributed by atoms with E-state index in [9.17, 15) is 4.39 Å². The molecule has 0 saturated carbocycles. The molecule has 1 fully saturated rings. The van der Waals surface area contributed by atoms with Crippen LogP contribution in [0.15, 0.2) is 24.3 Å². The SMILES string of the molecule is NCC1(CNc2ccc(F)cc2)COC1. The van der Waals surface area contributed by atoms with Gasteiger partial charge in [-0.25, -0.2) is 4.39 Å². The van der Waals surface area contributed by atoms with Crippen molar-refractivity contribution in [1.29, 1.82) is 0 Å². The number of hydrogen-bond donors (Lipinski definition) is 2. The number of hydrogen-bond acceptors (Lipinski definition) is 3. The lowest BCUT2D eigenvalue weighted by Crippen LogP contribution is -2.52. The van der Waals surface area contributed by atoms with Crippen LogP contribution in [0, 0.1) is 11.2 Å². The number of rotatable bonds is 4. The van der Waals surface area contributed by atoms with E-state index in [0.717, 1.165) is 12.2 Å². The lowest BCUT2D eigenvalue weighted by molar-refractivity contribution is -0.0979. The number of ether oxygens (including phenoxy) is 1. The molecule has 0 bridgehead atoms. The van der Waals surface area contributed by atoms with Crippen LogP contribution in [0.5, 0.6) is 0 Å². The molecule has 2 rings (SSSR count). The Kier molecular flexibility index (Phi) is 2.88. The lowest BCUT2D eigenvalue weighted by Gasteiger charge is -2.40. The van der Waals surface area contributed by atoms with Gasteiger partial charge in [-0.05, 0) is 24.3 Å². The topological polar surface area (TPSA) is 47.3 Å². The minimum Gasteiger partial charge on any atom is -0.384 e. The summed E-state index contributed by atoms with van der Waals surface area (Å²) in [5.41, 5.74) is 6.65. The second kappa shape index (κ2) is 4.16. The van der Waals surface area contributed by atoms with Crippen molar-refractivity contribution < 1.29 is 9.13 Å². The molecule has 1 aliphatic heterocycles. The maximum Gasteiger partial charge on any atom is 0.123 e. The van der Waals surface area contributed by atoms with E-state index in [0.29, 0.717) is 19.8 Å². The molecule has 3 nitrogen and oxygen atoms in total. The molecule has 0 unspecified atom stereocenters. The molecule has 1 aromatic carbocycles. The molecule has 0 aromatic heterocycles. The number of halogens is 1. The van der Waals surface area contributed by atoms with E-state index >= 15 is 0 Å². The monoisotopic (exact) mass is 210 g/mol. The standard InChI is InChI=1S/C11H15FN2O/c12-9-1-3-10(4-2-9)14-6-11(5-13)7-15-8-11/h1-4,14H,5-8,13H2. The Bertz CT molecular complexity index is 316. The summed E-state index contributed by atoms with van der Waals surface area (Å²) < 4.78 is 17.8. The summed E-state index contributed by atoms with van der Waals surface area (Å²) in [5.74, 6) is -0.221. The summed E-state index contributed by atoms with van der Waals surface area (Å²) in [6, 6.07) is 6.32. The molecule has 82 valence electrons. The van der Waals surface area contributed by atoms with Crippen LogP contribution in [0.3, 0.4) is 0 Å². The zero-order valence-electron chi connectivity index (χ0n) is 8.50. The third-order valence-corrected chi connectivity index (χ3v) is 2.76. The van der Waals surface area contributed by atoms with Gasteiger partial charge in [0.15, 0.2) is 0 Å². The Morgan fingerprint density at radius 2 is 2.00 bits per heavy atom. The third kappa shape index (κ3) is 2.27. The molecule has 0 aliphatic carbocycles. The van der Waals surface area contributed by atoms with Gasteiger partial charge < -0.3 is 15.8 Å². The van der Waals surface area contributed by atoms with Crippen molar-refractivity contribution in [2.45, 2.75) is 0 Å². The largest absolute Gasteiger partial charge is 0.384 e. The van der Waals surface area contributed by atoms with Crippen molar-refractivity contribution >= 4 is 5.69 Å². The number of benzene rings is 1. The Morgan fingerprint density at radius 3 is 2.47 bits per heavy atom. The van der Waals surface area contributed by atoms with E-state index in [1.807, 2.05) is 0 Å². The fourth-order valence-corrected chi connectivity index (χ4v) is 1.54. The zero-order chi connectivity index (χ0) is 10.7. The van der Waals surface area contributed by atoms with Gasteiger partial charge in [0.2, 0.25) is 0 Å². The molecule has 1 aliphatic rings. The fraction of sp³-hybridized carbons (Fsp3) is 0.455. The van der Waals surface area contributed by atoms with Crippen molar-refractivity contribution in [2.24, 2.45) is 11.1 Å². The van der Waals surface area contributed by atoms with Gasteiger partial charge in [0.25, 0.3) is 0 Å². The van der Waals surface area contributed by atoms with E-state index < -0.39 is 0 Å². The minimum absolute atomic E-state index is 0.0639. The molecular formula is C11H15FN2O. The maximum atomic E-state index is 12.6. The molecule has 15 heavy (non-hydrogen) atoms. The van der Waals surface area contributed by atoms with Crippen molar-refractivity contribution in [1.82, 2.24) is 0 Å². The molecule has 0 spiro atoms. The van der Waals surface area contributed by atoms with Gasteiger partial charge in [-0.3, -0.25) is 0 Å². The summed E-state index contributed by atoms with van der Waals surface area (Å²) in [7, 11) is 0. The predicted octanol–water partition coefficient (Wildman–Crippen LogP) is 1.21. The van der Waals surface area contributed by atoms with Gasteiger partial charge >= 0.3 is 0 Å². The van der Waals surface area contributed by atoms with Gasteiger partial charge in [0.05, 0.1) is 13.2 Å². The van der Waals surface area contributed by atoms with Crippen molar-refractivity contribution in [2.75, 3.05) is 31.6 Å². The van der Waals surface area contributed by atoms with E-state index in [-0.39, 0.29) is 11.2 Å². The van der Waals surface area contributed by atoms with E-state index in [1.165, 1.54) is 12.1 Å². The highest BCUT2D eigenvalue weighted by atomic mass is 19.1. The first-order chi connectivity index (χ1) is 7.24. The molecule has 0 atom stereocenters. The highest BCUT2D eigenvalue weighted by molar-refractivity contribution is 5.43. The Labute approximate surface area is 88.4 Å². The summed E-state index contributed by atoms with van der Waals surface area (Å²) >= 11 is 0. The fourth-order valence-electron chi connectivity index (χ4n) is 1.54. The highest BCUT2D eigenvalue weighted by Gasteiger charge is 2.36. The molecule has 4 heteroatoms. The van der Waals surface area contributed by atoms with Crippen molar-refractivity contribution in [3.63, 3.8) is 0 Å². The van der Waals surface area contributed by atoms with Crippen molar-refractivity contribution in [3.05, 3.63) is 30.1 Å². The van der Waals surface area contributed by atoms with Crippen molar-refractivity contribution in [3.8, 4) is 0 Å². The average molecular weight is 210 g/mol. The minimum atomic E-state index is -0.221. The van der Waals surface area contributed by atoms with Crippen LogP contribution in [-0.2, 0) is 4.74 Å². The Hall–Kier alpha value is -1.13. The van der Waals surface area contributed by atoms with Gasteiger partial charge in [-0.15, -0.1) is 0 Å². The van der Waals surface area contributed by atoms with Gasteiger partial charge in [0, 0.05) is 24.2 Å². The smallest absolute Gasteiger partial charge is 0.123 e. The predicted molar refractivity (Wildman–Crippen MR) is 57.2 cm³/mol. The van der Waals surface area contributed by atoms with Crippen LogP contribution < -0.4 is 11.1 Å². The first-order valence-corrected chi connectivity index (χ1v) is 5.01. The van der Waals surface area contributed by atoms with Crippen LogP contribution in [-0.4, -0.2) is 26.3 Å². The summed E-state index contributed by atoms with van der Waals surface area (Å²) in [5, 5.41) is 3.24. The number of anilines is 1. The van der Waals surface area contributed by atoms with E-state index in [4.69, 9.17) is 10.5 Å². The van der Waals surface area contributed by atoms with Crippen LogP contribution in [0.1, 0.15) is 0 Å². The lowest BCUT2D eigenvalue weighted by atomic mass is 9.86. The molecule has 3 N–H and O–H groups in total. The summed E-state index contributed by atoms with van der Waals surface area (Å²) in [6.45, 7) is 2.80. The zero-order valence-corrected chi connectivity index (χ0v) is 8.50. The molecule has 1 heterocycles. The number of nitrogens with one attached hydrogen (secondary N) is 1. The summed E-state index contributed by atoms with van der Waals surface area (Å²) in [4.78, 5) is 0. The molecule has 1 aromatic rings. The molecular weight excluding hydrogens is 195 g/mol. The van der Waals surface area contributed by atoms with Crippen LogP contribution in [0.4, 0.5) is 10.1 Å². The quantitative estimate of drug-likeness (QED) is 0.785. The van der Waals surface area contributed by atoms with Gasteiger partial charge in [-0.2, -0.15) is 0 Å². The Balaban J connectivity index is 1.90. The summed E-state index contributed by atoms with van der Waals surface area (Å²) in [6.07, 6.45) is 0. The number of nitrogens with two attached hydrogens (primary N) is 1. The molecule has 0 amide bonds. The first-order valence-electron chi connectivity index (χ1n) is 5.01. The molecule has 0 radical (unpaired) electrons. The first kappa shape index (κ1) is 10.4. The van der Waals surface area contributed by atoms with E-state index in [2.05, 4.69) is 5.32 Å². The normalized spacial score (nSPS) is 18.3. The average Bonchev–Trinajstić information content (AvgIpc) is 2.20. The van der Waals surface area contributed by atoms with E-state index in [1.54, 1.807) is 12.1 Å². The highest BCUT2D eigenvalue weighted by Crippen LogP contribution is 2.26. The van der Waals surface area contributed by atoms with Gasteiger partial charge in [0.1, 0.15) is 5.82 Å². The third-order valence-electron chi connectivity index (χ3n) is 2.76. The van der Waals surface area contributed by atoms with Gasteiger partial charge in [-0.1, -0.05) is 0 Å². The molecule has 1 saturated heterocycles. The second-order valence-corrected chi connectivity index (χ2v) is 4.06. The Morgan fingerprint density at radius 1 is 1.33 bits per heavy atom. The maximum absolute atomic E-state index is 12.6. The van der Waals surface area contributed by atoms with Crippen LogP contribution >= 0.6 is 0 Å². The second-order valence-electron chi connectivity index (χ2n) is 4.06. The van der Waals surface area contributed by atoms with Crippen LogP contribution in [0.2, 0.25) is 0 Å². The van der Waals surface area contributed by atoms with Crippen LogP contribution in [0.25, 0.3) is 0 Å².